The molecule has 0 radical (unpaired) electrons. The van der Waals surface area contributed by atoms with Crippen LogP contribution in [-0.4, -0.2) is 16.6 Å². The quantitative estimate of drug-likeness (QED) is 0.750. The minimum atomic E-state index is -0.675. The predicted octanol–water partition coefficient (Wildman–Crippen LogP) is 1.98. The van der Waals surface area contributed by atoms with Crippen molar-refractivity contribution < 1.29 is 9.53 Å². The molecule has 0 amide bonds. The summed E-state index contributed by atoms with van der Waals surface area (Å²) in [6, 6.07) is 1.29. The van der Waals surface area contributed by atoms with Crippen molar-refractivity contribution in [3.63, 3.8) is 0 Å². The fraction of sp³-hybridized carbons (Fsp3) is 0.400. The summed E-state index contributed by atoms with van der Waals surface area (Å²) >= 11 is 5.65. The number of rotatable bonds is 1. The van der Waals surface area contributed by atoms with E-state index in [-0.39, 0.29) is 10.6 Å². The van der Waals surface area contributed by atoms with Gasteiger partial charge in [-0.1, -0.05) is 11.6 Å². The number of aromatic amines is 1. The highest BCUT2D eigenvalue weighted by Gasteiger charge is 2.20. The van der Waals surface area contributed by atoms with Crippen molar-refractivity contribution in [3.05, 3.63) is 33.2 Å². The number of halogens is 1. The van der Waals surface area contributed by atoms with Gasteiger partial charge in [-0.3, -0.25) is 4.79 Å². The first-order valence-corrected chi connectivity index (χ1v) is 4.79. The summed E-state index contributed by atoms with van der Waals surface area (Å²) in [7, 11) is 0. The summed E-state index contributed by atoms with van der Waals surface area (Å²) in [6.07, 6.45) is 1.32. The zero-order valence-corrected chi connectivity index (χ0v) is 9.51. The van der Waals surface area contributed by atoms with E-state index in [9.17, 15) is 9.59 Å². The van der Waals surface area contributed by atoms with Gasteiger partial charge in [-0.25, -0.2) is 4.79 Å². The SMILES string of the molecule is CC(C)(C)OC(=O)c1cc(Cl)c[nH]c1=O. The van der Waals surface area contributed by atoms with Crippen molar-refractivity contribution in [1.29, 1.82) is 0 Å². The minimum absolute atomic E-state index is 0.0857. The molecule has 0 fully saturated rings. The van der Waals surface area contributed by atoms with Gasteiger partial charge in [0, 0.05) is 6.20 Å². The van der Waals surface area contributed by atoms with Gasteiger partial charge in [-0.05, 0) is 26.8 Å². The van der Waals surface area contributed by atoms with Gasteiger partial charge in [-0.2, -0.15) is 0 Å². The average molecular weight is 230 g/mol. The summed E-state index contributed by atoms with van der Waals surface area (Å²) in [5.74, 6) is -0.675. The fourth-order valence-corrected chi connectivity index (χ4v) is 1.11. The van der Waals surface area contributed by atoms with Gasteiger partial charge in [-0.15, -0.1) is 0 Å². The molecule has 0 aromatic carbocycles. The molecule has 1 aromatic rings. The first kappa shape index (κ1) is 11.8. The van der Waals surface area contributed by atoms with E-state index in [0.717, 1.165) is 0 Å². The molecule has 0 unspecified atom stereocenters. The van der Waals surface area contributed by atoms with Crippen molar-refractivity contribution in [2.45, 2.75) is 26.4 Å². The fourth-order valence-electron chi connectivity index (χ4n) is 0.942. The molecule has 0 aliphatic carbocycles. The van der Waals surface area contributed by atoms with Gasteiger partial charge in [0.2, 0.25) is 0 Å². The highest BCUT2D eigenvalue weighted by Crippen LogP contribution is 2.12. The molecule has 1 heterocycles. The summed E-state index contributed by atoms with van der Waals surface area (Å²) in [5, 5.41) is 0.287. The van der Waals surface area contributed by atoms with Crippen LogP contribution in [0.2, 0.25) is 5.02 Å². The lowest BCUT2D eigenvalue weighted by Gasteiger charge is -2.19. The van der Waals surface area contributed by atoms with Gasteiger partial charge in [0.1, 0.15) is 11.2 Å². The number of hydrogen-bond acceptors (Lipinski definition) is 3. The van der Waals surface area contributed by atoms with E-state index in [4.69, 9.17) is 16.3 Å². The molecule has 0 spiro atoms. The number of pyridine rings is 1. The molecular weight excluding hydrogens is 218 g/mol. The third-order valence-electron chi connectivity index (χ3n) is 1.49. The Morgan fingerprint density at radius 1 is 1.47 bits per heavy atom. The topological polar surface area (TPSA) is 59.2 Å². The molecule has 1 rings (SSSR count). The molecule has 0 aliphatic rings. The monoisotopic (exact) mass is 229 g/mol. The molecule has 1 aromatic heterocycles. The summed E-state index contributed by atoms with van der Waals surface area (Å²) in [6.45, 7) is 5.18. The maximum absolute atomic E-state index is 11.5. The number of H-pyrrole nitrogens is 1. The zero-order valence-electron chi connectivity index (χ0n) is 8.76. The number of carbonyl (C=O) groups is 1. The van der Waals surface area contributed by atoms with Crippen LogP contribution in [0.25, 0.3) is 0 Å². The van der Waals surface area contributed by atoms with Crippen LogP contribution >= 0.6 is 11.6 Å². The van der Waals surface area contributed by atoms with Crippen molar-refractivity contribution in [2.75, 3.05) is 0 Å². The number of esters is 1. The molecule has 15 heavy (non-hydrogen) atoms. The maximum atomic E-state index is 11.5. The number of carbonyl (C=O) groups excluding carboxylic acids is 1. The lowest BCUT2D eigenvalue weighted by Crippen LogP contribution is -2.28. The van der Waals surface area contributed by atoms with Crippen molar-refractivity contribution in [3.8, 4) is 0 Å². The number of ether oxygens (including phenoxy) is 1. The van der Waals surface area contributed by atoms with Crippen LogP contribution in [-0.2, 0) is 4.74 Å². The predicted molar refractivity (Wildman–Crippen MR) is 57.2 cm³/mol. The highest BCUT2D eigenvalue weighted by molar-refractivity contribution is 6.30. The van der Waals surface area contributed by atoms with E-state index in [0.29, 0.717) is 0 Å². The van der Waals surface area contributed by atoms with E-state index in [1.807, 2.05) is 0 Å². The molecule has 0 saturated carbocycles. The summed E-state index contributed by atoms with van der Waals surface area (Å²) in [4.78, 5) is 25.2. The molecule has 4 nitrogen and oxygen atoms in total. The van der Waals surface area contributed by atoms with E-state index < -0.39 is 17.1 Å². The molecule has 0 saturated heterocycles. The van der Waals surface area contributed by atoms with Gasteiger partial charge < -0.3 is 9.72 Å². The lowest BCUT2D eigenvalue weighted by atomic mass is 10.2. The van der Waals surface area contributed by atoms with Crippen LogP contribution < -0.4 is 5.56 Å². The molecule has 0 bridgehead atoms. The van der Waals surface area contributed by atoms with Crippen molar-refractivity contribution in [1.82, 2.24) is 4.98 Å². The number of nitrogens with one attached hydrogen (secondary N) is 1. The van der Waals surface area contributed by atoms with Crippen molar-refractivity contribution >= 4 is 17.6 Å². The van der Waals surface area contributed by atoms with Gasteiger partial charge in [0.05, 0.1) is 5.02 Å². The molecule has 0 aliphatic heterocycles. The Bertz CT molecular complexity index is 431. The lowest BCUT2D eigenvalue weighted by molar-refractivity contribution is 0.00675. The number of aromatic nitrogens is 1. The van der Waals surface area contributed by atoms with Gasteiger partial charge in [0.15, 0.2) is 0 Å². The normalized spacial score (nSPS) is 11.2. The second kappa shape index (κ2) is 4.06. The van der Waals surface area contributed by atoms with Crippen LogP contribution in [0.1, 0.15) is 31.1 Å². The summed E-state index contributed by atoms with van der Waals surface area (Å²) < 4.78 is 5.04. The Morgan fingerprint density at radius 2 is 2.07 bits per heavy atom. The Balaban J connectivity index is 3.02. The third kappa shape index (κ3) is 3.40. The van der Waals surface area contributed by atoms with E-state index >= 15 is 0 Å². The average Bonchev–Trinajstić information content (AvgIpc) is 2.06. The minimum Gasteiger partial charge on any atom is -0.456 e. The molecule has 0 atom stereocenters. The van der Waals surface area contributed by atoms with Gasteiger partial charge >= 0.3 is 5.97 Å². The Kier molecular flexibility index (Phi) is 3.19. The second-order valence-electron chi connectivity index (χ2n) is 4.06. The van der Waals surface area contributed by atoms with E-state index in [1.165, 1.54) is 12.3 Å². The Morgan fingerprint density at radius 3 is 2.60 bits per heavy atom. The molecule has 82 valence electrons. The van der Waals surface area contributed by atoms with E-state index in [1.54, 1.807) is 20.8 Å². The van der Waals surface area contributed by atoms with Crippen LogP contribution in [0.5, 0.6) is 0 Å². The second-order valence-corrected chi connectivity index (χ2v) is 4.50. The largest absolute Gasteiger partial charge is 0.456 e. The zero-order chi connectivity index (χ0) is 11.6. The summed E-state index contributed by atoms with van der Waals surface area (Å²) in [5.41, 5.74) is -1.22. The van der Waals surface area contributed by atoms with Crippen LogP contribution in [0, 0.1) is 0 Å². The van der Waals surface area contributed by atoms with E-state index in [2.05, 4.69) is 4.98 Å². The first-order valence-electron chi connectivity index (χ1n) is 4.41. The first-order chi connectivity index (χ1) is 6.79. The Labute approximate surface area is 92.2 Å². The maximum Gasteiger partial charge on any atom is 0.344 e. The Hall–Kier alpha value is -1.29. The highest BCUT2D eigenvalue weighted by atomic mass is 35.5. The molecule has 1 N–H and O–H groups in total. The third-order valence-corrected chi connectivity index (χ3v) is 1.71. The van der Waals surface area contributed by atoms with Gasteiger partial charge in [0.25, 0.3) is 5.56 Å². The molecule has 5 heteroatoms. The van der Waals surface area contributed by atoms with Crippen LogP contribution in [0.15, 0.2) is 17.1 Å². The van der Waals surface area contributed by atoms with Crippen LogP contribution in [0.3, 0.4) is 0 Å². The molecular formula is C10H12ClNO3. The standard InChI is InChI=1S/C10H12ClNO3/c1-10(2,3)15-9(14)7-4-6(11)5-12-8(7)13/h4-5H,1-3H3,(H,12,13). The number of hydrogen-bond donors (Lipinski definition) is 1. The van der Waals surface area contributed by atoms with Crippen LogP contribution in [0.4, 0.5) is 0 Å². The van der Waals surface area contributed by atoms with Crippen molar-refractivity contribution in [2.24, 2.45) is 0 Å². The smallest absolute Gasteiger partial charge is 0.344 e.